The number of rotatable bonds is 5. The molecule has 1 saturated heterocycles. The third-order valence-electron chi connectivity index (χ3n) is 5.92. The Morgan fingerprint density at radius 1 is 1.06 bits per heavy atom. The van der Waals surface area contributed by atoms with Crippen LogP contribution in [0.4, 0.5) is 13.2 Å². The topological polar surface area (TPSA) is 49.4 Å². The van der Waals surface area contributed by atoms with Crippen LogP contribution < -0.4 is 5.32 Å². The van der Waals surface area contributed by atoms with E-state index in [1.165, 1.54) is 11.0 Å². The molecular formula is C23H22ClF3N2O2. The first kappa shape index (κ1) is 21.7. The minimum atomic E-state index is -4.48. The van der Waals surface area contributed by atoms with Crippen molar-refractivity contribution in [3.05, 3.63) is 70.2 Å². The van der Waals surface area contributed by atoms with E-state index in [0.29, 0.717) is 28.6 Å². The summed E-state index contributed by atoms with van der Waals surface area (Å²) >= 11 is 5.99. The van der Waals surface area contributed by atoms with Crippen LogP contribution in [-0.4, -0.2) is 36.3 Å². The summed E-state index contributed by atoms with van der Waals surface area (Å²) in [5, 5.41) is 3.33. The normalized spacial score (nSPS) is 21.2. The third kappa shape index (κ3) is 5.03. The van der Waals surface area contributed by atoms with Crippen molar-refractivity contribution >= 4 is 23.4 Å². The highest BCUT2D eigenvalue weighted by Crippen LogP contribution is 2.37. The van der Waals surface area contributed by atoms with Crippen molar-refractivity contribution in [3.8, 4) is 0 Å². The second-order valence-corrected chi connectivity index (χ2v) is 8.68. The quantitative estimate of drug-likeness (QED) is 0.715. The van der Waals surface area contributed by atoms with Crippen molar-refractivity contribution in [2.45, 2.75) is 24.9 Å². The van der Waals surface area contributed by atoms with Gasteiger partial charge >= 0.3 is 6.18 Å². The number of halogens is 4. The van der Waals surface area contributed by atoms with Crippen LogP contribution in [0.1, 0.15) is 40.2 Å². The van der Waals surface area contributed by atoms with Gasteiger partial charge < -0.3 is 10.2 Å². The van der Waals surface area contributed by atoms with Gasteiger partial charge in [0.05, 0.1) is 11.5 Å². The summed E-state index contributed by atoms with van der Waals surface area (Å²) in [6, 6.07) is 11.5. The number of benzene rings is 2. The van der Waals surface area contributed by atoms with Gasteiger partial charge in [0, 0.05) is 36.1 Å². The Balaban J connectivity index is 1.60. The Kier molecular flexibility index (Phi) is 5.97. The van der Waals surface area contributed by atoms with Gasteiger partial charge in [-0.1, -0.05) is 35.9 Å². The van der Waals surface area contributed by atoms with Gasteiger partial charge in [0.2, 0.25) is 5.91 Å². The van der Waals surface area contributed by atoms with Gasteiger partial charge in [-0.15, -0.1) is 0 Å². The van der Waals surface area contributed by atoms with Gasteiger partial charge in [-0.25, -0.2) is 0 Å². The highest BCUT2D eigenvalue weighted by Gasteiger charge is 2.42. The lowest BCUT2D eigenvalue weighted by atomic mass is 9.87. The lowest BCUT2D eigenvalue weighted by Crippen LogP contribution is -2.36. The number of carbonyl (C=O) groups is 2. The zero-order chi connectivity index (χ0) is 22.2. The van der Waals surface area contributed by atoms with Crippen LogP contribution in [0.5, 0.6) is 0 Å². The van der Waals surface area contributed by atoms with Gasteiger partial charge in [0.25, 0.3) is 5.91 Å². The summed E-state index contributed by atoms with van der Waals surface area (Å²) in [6.07, 6.45) is -2.34. The molecule has 2 atom stereocenters. The molecule has 2 fully saturated rings. The van der Waals surface area contributed by atoms with E-state index in [1.54, 1.807) is 30.3 Å². The van der Waals surface area contributed by atoms with E-state index in [0.717, 1.165) is 25.0 Å². The van der Waals surface area contributed by atoms with Crippen molar-refractivity contribution in [2.24, 2.45) is 11.8 Å². The Morgan fingerprint density at radius 2 is 1.81 bits per heavy atom. The van der Waals surface area contributed by atoms with Gasteiger partial charge in [-0.2, -0.15) is 13.2 Å². The zero-order valence-corrected chi connectivity index (χ0v) is 17.4. The molecule has 2 unspecified atom stereocenters. The molecule has 0 aromatic heterocycles. The molecule has 0 spiro atoms. The molecule has 1 aliphatic heterocycles. The maximum Gasteiger partial charge on any atom is 0.416 e. The molecule has 2 aromatic rings. The predicted octanol–water partition coefficient (Wildman–Crippen LogP) is 4.74. The van der Waals surface area contributed by atoms with E-state index in [4.69, 9.17) is 11.6 Å². The van der Waals surface area contributed by atoms with Gasteiger partial charge in [-0.3, -0.25) is 9.59 Å². The highest BCUT2D eigenvalue weighted by molar-refractivity contribution is 6.30. The summed E-state index contributed by atoms with van der Waals surface area (Å²) < 4.78 is 39.7. The molecule has 4 rings (SSSR count). The monoisotopic (exact) mass is 450 g/mol. The molecule has 1 aliphatic carbocycles. The number of nitrogens with zero attached hydrogens (tertiary/aromatic N) is 1. The van der Waals surface area contributed by atoms with E-state index in [1.807, 2.05) is 0 Å². The predicted molar refractivity (Wildman–Crippen MR) is 111 cm³/mol. The first-order chi connectivity index (χ1) is 14.7. The Morgan fingerprint density at radius 3 is 2.48 bits per heavy atom. The fourth-order valence-electron chi connectivity index (χ4n) is 4.02. The van der Waals surface area contributed by atoms with Crippen LogP contribution >= 0.6 is 11.6 Å². The SMILES string of the molecule is O=C(NCC1CC1)C1CN(C(=O)c2cccc(Cl)c2)CC1c1cccc(C(F)(F)F)c1. The smallest absolute Gasteiger partial charge is 0.356 e. The summed E-state index contributed by atoms with van der Waals surface area (Å²) in [5.74, 6) is -1.19. The second-order valence-electron chi connectivity index (χ2n) is 8.25. The molecule has 2 aromatic carbocycles. The first-order valence-electron chi connectivity index (χ1n) is 10.2. The highest BCUT2D eigenvalue weighted by atomic mass is 35.5. The molecule has 2 aliphatic rings. The average molecular weight is 451 g/mol. The van der Waals surface area contributed by atoms with E-state index in [9.17, 15) is 22.8 Å². The van der Waals surface area contributed by atoms with Gasteiger partial charge in [0.1, 0.15) is 0 Å². The standard InChI is InChI=1S/C23H22ClF3N2O2/c24-18-6-2-4-16(10-18)22(31)29-12-19(15-3-1-5-17(9-15)23(25,26)27)20(13-29)21(30)28-11-14-7-8-14/h1-6,9-10,14,19-20H,7-8,11-13H2,(H,28,30). The number of nitrogens with one attached hydrogen (secondary N) is 1. The lowest BCUT2D eigenvalue weighted by molar-refractivity contribution is -0.137. The van der Waals surface area contributed by atoms with Crippen molar-refractivity contribution in [3.63, 3.8) is 0 Å². The summed E-state index contributed by atoms with van der Waals surface area (Å²) in [7, 11) is 0. The number of carbonyl (C=O) groups excluding carboxylic acids is 2. The van der Waals surface area contributed by atoms with Crippen molar-refractivity contribution in [2.75, 3.05) is 19.6 Å². The van der Waals surface area contributed by atoms with Gasteiger partial charge in [0.15, 0.2) is 0 Å². The summed E-state index contributed by atoms with van der Waals surface area (Å²) in [6.45, 7) is 0.865. The van der Waals surface area contributed by atoms with Crippen LogP contribution in [0.25, 0.3) is 0 Å². The minimum absolute atomic E-state index is 0.142. The molecule has 1 heterocycles. The van der Waals surface area contributed by atoms with E-state index in [-0.39, 0.29) is 24.9 Å². The molecule has 1 N–H and O–H groups in total. The van der Waals surface area contributed by atoms with Crippen LogP contribution in [0.3, 0.4) is 0 Å². The Bertz CT molecular complexity index is 991. The van der Waals surface area contributed by atoms with E-state index >= 15 is 0 Å². The van der Waals surface area contributed by atoms with Gasteiger partial charge in [-0.05, 0) is 48.6 Å². The molecule has 1 saturated carbocycles. The lowest BCUT2D eigenvalue weighted by Gasteiger charge is -2.19. The first-order valence-corrected chi connectivity index (χ1v) is 10.6. The summed E-state index contributed by atoms with van der Waals surface area (Å²) in [4.78, 5) is 27.4. The van der Waals surface area contributed by atoms with Crippen molar-refractivity contribution in [1.82, 2.24) is 10.2 Å². The van der Waals surface area contributed by atoms with E-state index < -0.39 is 23.6 Å². The average Bonchev–Trinajstić information content (AvgIpc) is 3.46. The fraction of sp³-hybridized carbons (Fsp3) is 0.391. The molecule has 164 valence electrons. The van der Waals surface area contributed by atoms with Crippen LogP contribution in [0.2, 0.25) is 5.02 Å². The van der Waals surface area contributed by atoms with Crippen molar-refractivity contribution in [1.29, 1.82) is 0 Å². The number of hydrogen-bond donors (Lipinski definition) is 1. The Hall–Kier alpha value is -2.54. The minimum Gasteiger partial charge on any atom is -0.356 e. The maximum atomic E-state index is 13.2. The summed E-state index contributed by atoms with van der Waals surface area (Å²) in [5.41, 5.74) is 0.0267. The van der Waals surface area contributed by atoms with Crippen LogP contribution in [0.15, 0.2) is 48.5 Å². The number of alkyl halides is 3. The van der Waals surface area contributed by atoms with E-state index in [2.05, 4.69) is 5.32 Å². The largest absolute Gasteiger partial charge is 0.416 e. The van der Waals surface area contributed by atoms with Crippen LogP contribution in [0, 0.1) is 11.8 Å². The second kappa shape index (κ2) is 8.54. The molecule has 8 heteroatoms. The number of amides is 2. The molecule has 0 radical (unpaired) electrons. The fourth-order valence-corrected chi connectivity index (χ4v) is 4.21. The molecule has 0 bridgehead atoms. The number of hydrogen-bond acceptors (Lipinski definition) is 2. The van der Waals surface area contributed by atoms with Crippen LogP contribution in [-0.2, 0) is 11.0 Å². The Labute approximate surface area is 183 Å². The molecule has 31 heavy (non-hydrogen) atoms. The molecule has 4 nitrogen and oxygen atoms in total. The molecule has 2 amide bonds. The maximum absolute atomic E-state index is 13.2. The molecular weight excluding hydrogens is 429 g/mol. The third-order valence-corrected chi connectivity index (χ3v) is 6.15. The number of likely N-dealkylation sites (tertiary alicyclic amines) is 1. The van der Waals surface area contributed by atoms with Crippen molar-refractivity contribution < 1.29 is 22.8 Å². The zero-order valence-electron chi connectivity index (χ0n) is 16.7.